The summed E-state index contributed by atoms with van der Waals surface area (Å²) < 4.78 is 14.2. The highest BCUT2D eigenvalue weighted by atomic mass is 19.1. The van der Waals surface area contributed by atoms with Gasteiger partial charge >= 0.3 is 0 Å². The van der Waals surface area contributed by atoms with Crippen molar-refractivity contribution in [2.24, 2.45) is 11.8 Å². The monoisotopic (exact) mass is 275 g/mol. The molecule has 1 aromatic carbocycles. The van der Waals surface area contributed by atoms with Crippen LogP contribution in [0.3, 0.4) is 0 Å². The van der Waals surface area contributed by atoms with E-state index in [0.29, 0.717) is 11.8 Å². The predicted octanol–water partition coefficient (Wildman–Crippen LogP) is 4.41. The van der Waals surface area contributed by atoms with Gasteiger partial charge in [-0.15, -0.1) is 0 Å². The minimum Gasteiger partial charge on any atom is -0.314 e. The summed E-state index contributed by atoms with van der Waals surface area (Å²) in [7, 11) is 0. The van der Waals surface area contributed by atoms with Crippen LogP contribution in [-0.4, -0.2) is 12.6 Å². The van der Waals surface area contributed by atoms with Crippen LogP contribution in [0, 0.1) is 24.6 Å². The van der Waals surface area contributed by atoms with Gasteiger partial charge in [-0.25, -0.2) is 4.39 Å². The van der Waals surface area contributed by atoms with Crippen LogP contribution in [-0.2, 0) is 0 Å². The lowest BCUT2D eigenvalue weighted by Crippen LogP contribution is -2.33. The summed E-state index contributed by atoms with van der Waals surface area (Å²) >= 11 is 0. The number of benzene rings is 1. The minimum atomic E-state index is -0.00822. The van der Waals surface area contributed by atoms with Crippen LogP contribution in [0.15, 0.2) is 18.2 Å². The fraction of sp³-hybridized carbons (Fsp3) is 0.667. The number of halogens is 1. The Labute approximate surface area is 122 Å². The third-order valence-corrected chi connectivity index (χ3v) is 5.05. The molecule has 3 atom stereocenters. The second kappa shape index (κ2) is 5.85. The SMILES string of the molecule is Cc1ccc(F)c(C2CC(C)CCC2CNC2CC2)c1. The van der Waals surface area contributed by atoms with Crippen LogP contribution >= 0.6 is 0 Å². The van der Waals surface area contributed by atoms with Crippen LogP contribution < -0.4 is 5.32 Å². The first-order valence-corrected chi connectivity index (χ1v) is 8.13. The van der Waals surface area contributed by atoms with Crippen molar-refractivity contribution < 1.29 is 4.39 Å². The highest BCUT2D eigenvalue weighted by Gasteiger charge is 2.32. The molecule has 3 unspecified atom stereocenters. The number of rotatable bonds is 4. The van der Waals surface area contributed by atoms with Gasteiger partial charge in [-0.3, -0.25) is 0 Å². The van der Waals surface area contributed by atoms with Crippen LogP contribution in [0.1, 0.15) is 56.1 Å². The highest BCUT2D eigenvalue weighted by molar-refractivity contribution is 5.28. The molecule has 0 amide bonds. The molecule has 0 saturated heterocycles. The van der Waals surface area contributed by atoms with Gasteiger partial charge < -0.3 is 5.32 Å². The van der Waals surface area contributed by atoms with E-state index in [1.165, 1.54) is 31.2 Å². The van der Waals surface area contributed by atoms with Crippen molar-refractivity contribution >= 4 is 0 Å². The standard InChI is InChI=1S/C18H26FN/c1-12-3-5-14(11-20-15-6-7-15)16(9-12)17-10-13(2)4-8-18(17)19/h4,8,10,12,14-16,20H,3,5-7,9,11H2,1-2H3. The molecule has 20 heavy (non-hydrogen) atoms. The summed E-state index contributed by atoms with van der Waals surface area (Å²) in [6, 6.07) is 6.34. The molecule has 2 aliphatic rings. The Morgan fingerprint density at radius 2 is 2.00 bits per heavy atom. The molecule has 0 bridgehead atoms. The topological polar surface area (TPSA) is 12.0 Å². The Morgan fingerprint density at radius 1 is 1.20 bits per heavy atom. The first-order valence-electron chi connectivity index (χ1n) is 8.13. The third-order valence-electron chi connectivity index (χ3n) is 5.05. The lowest BCUT2D eigenvalue weighted by atomic mass is 9.71. The van der Waals surface area contributed by atoms with Crippen molar-refractivity contribution in [3.63, 3.8) is 0 Å². The Hall–Kier alpha value is -0.890. The Balaban J connectivity index is 1.78. The van der Waals surface area contributed by atoms with Gasteiger partial charge in [-0.1, -0.05) is 31.0 Å². The number of hydrogen-bond donors (Lipinski definition) is 1. The van der Waals surface area contributed by atoms with Crippen molar-refractivity contribution in [2.45, 2.75) is 57.9 Å². The van der Waals surface area contributed by atoms with Crippen molar-refractivity contribution in [3.05, 3.63) is 35.1 Å². The zero-order valence-corrected chi connectivity index (χ0v) is 12.7. The summed E-state index contributed by atoms with van der Waals surface area (Å²) in [6.07, 6.45) is 6.32. The molecular formula is C18H26FN. The van der Waals surface area contributed by atoms with Gasteiger partial charge in [0.1, 0.15) is 5.82 Å². The van der Waals surface area contributed by atoms with Gasteiger partial charge in [0.05, 0.1) is 0 Å². The summed E-state index contributed by atoms with van der Waals surface area (Å²) in [4.78, 5) is 0. The second-order valence-electron chi connectivity index (χ2n) is 6.99. The largest absolute Gasteiger partial charge is 0.314 e. The van der Waals surface area contributed by atoms with Crippen LogP contribution in [0.5, 0.6) is 0 Å². The van der Waals surface area contributed by atoms with E-state index in [1.807, 2.05) is 6.07 Å². The second-order valence-corrected chi connectivity index (χ2v) is 6.99. The summed E-state index contributed by atoms with van der Waals surface area (Å²) in [5, 5.41) is 3.65. The molecule has 2 saturated carbocycles. The van der Waals surface area contributed by atoms with Crippen molar-refractivity contribution in [1.82, 2.24) is 5.32 Å². The number of nitrogens with one attached hydrogen (secondary N) is 1. The summed E-state index contributed by atoms with van der Waals surface area (Å²) in [5.41, 5.74) is 2.13. The van der Waals surface area contributed by atoms with Gasteiger partial charge in [0.15, 0.2) is 0 Å². The average molecular weight is 275 g/mol. The van der Waals surface area contributed by atoms with Gasteiger partial charge in [0, 0.05) is 6.04 Å². The molecule has 1 nitrogen and oxygen atoms in total. The summed E-state index contributed by atoms with van der Waals surface area (Å²) in [5.74, 6) is 1.70. The average Bonchev–Trinajstić information content (AvgIpc) is 3.24. The molecule has 1 N–H and O–H groups in total. The van der Waals surface area contributed by atoms with Crippen LogP contribution in [0.25, 0.3) is 0 Å². The lowest BCUT2D eigenvalue weighted by Gasteiger charge is -2.36. The Bertz CT molecular complexity index is 466. The van der Waals surface area contributed by atoms with Crippen molar-refractivity contribution in [3.8, 4) is 0 Å². The first kappa shape index (κ1) is 14.1. The normalized spacial score (nSPS) is 30.4. The number of hydrogen-bond acceptors (Lipinski definition) is 1. The van der Waals surface area contributed by atoms with E-state index in [2.05, 4.69) is 25.2 Å². The molecule has 2 aliphatic carbocycles. The quantitative estimate of drug-likeness (QED) is 0.858. The maximum atomic E-state index is 14.2. The molecule has 0 radical (unpaired) electrons. The Kier molecular flexibility index (Phi) is 4.11. The molecule has 0 heterocycles. The molecule has 3 rings (SSSR count). The fourth-order valence-electron chi connectivity index (χ4n) is 3.62. The fourth-order valence-corrected chi connectivity index (χ4v) is 3.62. The third kappa shape index (κ3) is 3.22. The van der Waals surface area contributed by atoms with Gasteiger partial charge in [0.25, 0.3) is 0 Å². The molecule has 1 aromatic rings. The van der Waals surface area contributed by atoms with E-state index in [9.17, 15) is 4.39 Å². The van der Waals surface area contributed by atoms with E-state index >= 15 is 0 Å². The van der Waals surface area contributed by atoms with E-state index in [4.69, 9.17) is 0 Å². The van der Waals surface area contributed by atoms with E-state index in [0.717, 1.165) is 30.5 Å². The number of aryl methyl sites for hydroxylation is 1. The molecule has 0 aliphatic heterocycles. The highest BCUT2D eigenvalue weighted by Crippen LogP contribution is 2.41. The summed E-state index contributed by atoms with van der Waals surface area (Å²) in [6.45, 7) is 5.44. The van der Waals surface area contributed by atoms with E-state index in [1.54, 1.807) is 6.07 Å². The molecule has 0 aromatic heterocycles. The predicted molar refractivity (Wildman–Crippen MR) is 81.4 cm³/mol. The molecule has 0 spiro atoms. The minimum absolute atomic E-state index is 0.00822. The van der Waals surface area contributed by atoms with Crippen molar-refractivity contribution in [2.75, 3.05) is 6.54 Å². The van der Waals surface area contributed by atoms with Crippen LogP contribution in [0.4, 0.5) is 4.39 Å². The lowest BCUT2D eigenvalue weighted by molar-refractivity contribution is 0.237. The smallest absolute Gasteiger partial charge is 0.126 e. The maximum absolute atomic E-state index is 14.2. The van der Waals surface area contributed by atoms with Crippen LogP contribution in [0.2, 0.25) is 0 Å². The van der Waals surface area contributed by atoms with Crippen molar-refractivity contribution in [1.29, 1.82) is 0 Å². The Morgan fingerprint density at radius 3 is 2.75 bits per heavy atom. The molecule has 2 fully saturated rings. The van der Waals surface area contributed by atoms with Gasteiger partial charge in [-0.2, -0.15) is 0 Å². The van der Waals surface area contributed by atoms with Gasteiger partial charge in [0.2, 0.25) is 0 Å². The maximum Gasteiger partial charge on any atom is 0.126 e. The molecule has 2 heteroatoms. The van der Waals surface area contributed by atoms with E-state index < -0.39 is 0 Å². The molecule has 110 valence electrons. The zero-order chi connectivity index (χ0) is 14.1. The zero-order valence-electron chi connectivity index (χ0n) is 12.7. The van der Waals surface area contributed by atoms with Gasteiger partial charge in [-0.05, 0) is 68.5 Å². The first-order chi connectivity index (χ1) is 9.63. The molecular weight excluding hydrogens is 249 g/mol. The van der Waals surface area contributed by atoms with E-state index in [-0.39, 0.29) is 5.82 Å².